The fourth-order valence-electron chi connectivity index (χ4n) is 2.90. The zero-order valence-electron chi connectivity index (χ0n) is 11.5. The lowest BCUT2D eigenvalue weighted by Crippen LogP contribution is -2.25. The summed E-state index contributed by atoms with van der Waals surface area (Å²) in [6.45, 7) is 0.233. The van der Waals surface area contributed by atoms with E-state index >= 15 is 0 Å². The lowest BCUT2D eigenvalue weighted by molar-refractivity contribution is 0.348. The van der Waals surface area contributed by atoms with E-state index in [0.717, 1.165) is 12.8 Å². The van der Waals surface area contributed by atoms with E-state index in [-0.39, 0.29) is 12.1 Å². The van der Waals surface area contributed by atoms with E-state index < -0.39 is 0 Å². The van der Waals surface area contributed by atoms with Gasteiger partial charge in [0.2, 0.25) is 5.89 Å². The number of hydrogen-bond donors (Lipinski definition) is 0. The Hall–Kier alpha value is -2.44. The first-order valence-corrected chi connectivity index (χ1v) is 7.16. The van der Waals surface area contributed by atoms with Crippen molar-refractivity contribution in [2.24, 2.45) is 0 Å². The molecule has 0 unspecified atom stereocenters. The van der Waals surface area contributed by atoms with Crippen LogP contribution in [0.25, 0.3) is 5.52 Å². The van der Waals surface area contributed by atoms with Crippen molar-refractivity contribution in [3.8, 4) is 0 Å². The van der Waals surface area contributed by atoms with E-state index in [1.54, 1.807) is 23.0 Å². The molecule has 7 nitrogen and oxygen atoms in total. The van der Waals surface area contributed by atoms with Gasteiger partial charge in [-0.15, -0.1) is 0 Å². The topological polar surface area (TPSA) is 78.2 Å². The Kier molecular flexibility index (Phi) is 2.83. The number of rotatable bonds is 3. The van der Waals surface area contributed by atoms with E-state index in [1.807, 2.05) is 6.07 Å². The van der Waals surface area contributed by atoms with Crippen LogP contribution in [0.1, 0.15) is 43.3 Å². The van der Waals surface area contributed by atoms with Crippen LogP contribution in [-0.2, 0) is 6.54 Å². The maximum atomic E-state index is 12.3. The Morgan fingerprint density at radius 1 is 1.33 bits per heavy atom. The zero-order chi connectivity index (χ0) is 14.2. The van der Waals surface area contributed by atoms with Crippen molar-refractivity contribution < 1.29 is 4.52 Å². The van der Waals surface area contributed by atoms with E-state index in [1.165, 1.54) is 17.5 Å². The van der Waals surface area contributed by atoms with Crippen LogP contribution in [0.5, 0.6) is 0 Å². The molecule has 0 atom stereocenters. The molecular formula is C14H15N5O2. The molecule has 3 heterocycles. The average Bonchev–Trinajstić information content (AvgIpc) is 3.21. The van der Waals surface area contributed by atoms with Crippen molar-refractivity contribution in [2.75, 3.05) is 0 Å². The van der Waals surface area contributed by atoms with Crippen LogP contribution in [0.3, 0.4) is 0 Å². The Morgan fingerprint density at radius 3 is 3.05 bits per heavy atom. The van der Waals surface area contributed by atoms with Crippen molar-refractivity contribution in [2.45, 2.75) is 38.1 Å². The van der Waals surface area contributed by atoms with Gasteiger partial charge in [-0.1, -0.05) is 18.0 Å². The first-order chi connectivity index (χ1) is 10.3. The quantitative estimate of drug-likeness (QED) is 0.730. The molecule has 3 aromatic rings. The monoisotopic (exact) mass is 285 g/mol. The summed E-state index contributed by atoms with van der Waals surface area (Å²) in [5.74, 6) is 1.57. The fourth-order valence-corrected chi connectivity index (χ4v) is 2.90. The summed E-state index contributed by atoms with van der Waals surface area (Å²) >= 11 is 0. The molecule has 0 aliphatic heterocycles. The smallest absolute Gasteiger partial charge is 0.291 e. The van der Waals surface area contributed by atoms with Crippen LogP contribution in [0.2, 0.25) is 0 Å². The summed E-state index contributed by atoms with van der Waals surface area (Å²) in [5, 5.41) is 8.10. The maximum Gasteiger partial charge on any atom is 0.291 e. The Morgan fingerprint density at radius 2 is 2.19 bits per heavy atom. The molecule has 1 aliphatic rings. The molecule has 4 rings (SSSR count). The highest BCUT2D eigenvalue weighted by atomic mass is 16.5. The summed E-state index contributed by atoms with van der Waals surface area (Å²) in [6, 6.07) is 3.58. The van der Waals surface area contributed by atoms with Crippen molar-refractivity contribution in [3.63, 3.8) is 0 Å². The molecule has 21 heavy (non-hydrogen) atoms. The molecule has 1 saturated carbocycles. The molecule has 0 spiro atoms. The average molecular weight is 285 g/mol. The van der Waals surface area contributed by atoms with Gasteiger partial charge >= 0.3 is 0 Å². The number of fused-ring (bicyclic) bond motifs is 1. The highest BCUT2D eigenvalue weighted by Gasteiger charge is 2.23. The molecule has 0 saturated heterocycles. The van der Waals surface area contributed by atoms with E-state index in [2.05, 4.69) is 15.2 Å². The molecule has 7 heteroatoms. The molecule has 0 N–H and O–H groups in total. The van der Waals surface area contributed by atoms with Crippen LogP contribution < -0.4 is 5.56 Å². The fraction of sp³-hybridized carbons (Fsp3) is 0.429. The van der Waals surface area contributed by atoms with Crippen LogP contribution in [-0.4, -0.2) is 24.3 Å². The second-order valence-corrected chi connectivity index (χ2v) is 5.42. The summed E-state index contributed by atoms with van der Waals surface area (Å²) in [7, 11) is 0. The van der Waals surface area contributed by atoms with Crippen molar-refractivity contribution in [3.05, 3.63) is 46.7 Å². The van der Waals surface area contributed by atoms with Gasteiger partial charge in [-0.3, -0.25) is 4.79 Å². The van der Waals surface area contributed by atoms with E-state index in [0.29, 0.717) is 23.1 Å². The Labute approximate surface area is 120 Å². The molecule has 0 bridgehead atoms. The SMILES string of the molecule is O=c1c2cccn2cnn1Cc1noc(C2CCCC2)n1. The lowest BCUT2D eigenvalue weighted by Gasteiger charge is -2.02. The molecule has 0 radical (unpaired) electrons. The first-order valence-electron chi connectivity index (χ1n) is 7.16. The third-order valence-electron chi connectivity index (χ3n) is 4.03. The summed E-state index contributed by atoms with van der Waals surface area (Å²) in [6.07, 6.45) is 8.05. The molecule has 1 fully saturated rings. The van der Waals surface area contributed by atoms with E-state index in [4.69, 9.17) is 4.52 Å². The van der Waals surface area contributed by atoms with Gasteiger partial charge < -0.3 is 8.92 Å². The maximum absolute atomic E-state index is 12.3. The minimum atomic E-state index is -0.158. The van der Waals surface area contributed by atoms with Gasteiger partial charge in [0, 0.05) is 12.1 Å². The number of nitrogens with zero attached hydrogens (tertiary/aromatic N) is 5. The third-order valence-corrected chi connectivity index (χ3v) is 4.03. The zero-order valence-corrected chi connectivity index (χ0v) is 11.5. The molecule has 1 aliphatic carbocycles. The second kappa shape index (κ2) is 4.83. The summed E-state index contributed by atoms with van der Waals surface area (Å²) in [4.78, 5) is 16.7. The van der Waals surface area contributed by atoms with Crippen LogP contribution in [0, 0.1) is 0 Å². The lowest BCUT2D eigenvalue weighted by atomic mass is 10.1. The van der Waals surface area contributed by atoms with Gasteiger partial charge in [0.15, 0.2) is 5.82 Å². The highest BCUT2D eigenvalue weighted by Crippen LogP contribution is 2.32. The molecule has 108 valence electrons. The summed E-state index contributed by atoms with van der Waals surface area (Å²) in [5.41, 5.74) is 0.430. The largest absolute Gasteiger partial charge is 0.339 e. The molecule has 3 aromatic heterocycles. The van der Waals surface area contributed by atoms with Crippen molar-refractivity contribution in [1.29, 1.82) is 0 Å². The molecular weight excluding hydrogens is 270 g/mol. The first kappa shape index (κ1) is 12.3. The Balaban J connectivity index is 1.62. The highest BCUT2D eigenvalue weighted by molar-refractivity contribution is 5.44. The van der Waals surface area contributed by atoms with Crippen molar-refractivity contribution in [1.82, 2.24) is 24.3 Å². The number of aromatic nitrogens is 5. The van der Waals surface area contributed by atoms with Crippen LogP contribution >= 0.6 is 0 Å². The van der Waals surface area contributed by atoms with Gasteiger partial charge in [-0.05, 0) is 25.0 Å². The molecule has 0 aromatic carbocycles. The third kappa shape index (κ3) is 2.14. The predicted octanol–water partition coefficient (Wildman–Crippen LogP) is 1.58. The second-order valence-electron chi connectivity index (χ2n) is 5.42. The van der Waals surface area contributed by atoms with Crippen molar-refractivity contribution >= 4 is 5.52 Å². The summed E-state index contributed by atoms with van der Waals surface area (Å²) < 4.78 is 8.38. The standard InChI is InChI=1S/C14H15N5O2/c20-14-11-6-3-7-18(11)9-15-19(14)8-12-16-13(21-17-12)10-4-1-2-5-10/h3,6-7,9-10H,1-2,4-5,8H2. The van der Waals surface area contributed by atoms with E-state index in [9.17, 15) is 4.79 Å². The minimum absolute atomic E-state index is 0.158. The Bertz CT molecular complexity index is 825. The normalized spacial score (nSPS) is 16.0. The van der Waals surface area contributed by atoms with Gasteiger partial charge in [-0.2, -0.15) is 10.1 Å². The van der Waals surface area contributed by atoms with Gasteiger partial charge in [-0.25, -0.2) is 4.68 Å². The van der Waals surface area contributed by atoms with Crippen LogP contribution in [0.4, 0.5) is 0 Å². The van der Waals surface area contributed by atoms with Crippen LogP contribution in [0.15, 0.2) is 34.0 Å². The minimum Gasteiger partial charge on any atom is -0.339 e. The van der Waals surface area contributed by atoms with Gasteiger partial charge in [0.1, 0.15) is 18.4 Å². The molecule has 0 amide bonds. The van der Waals surface area contributed by atoms with Gasteiger partial charge in [0.05, 0.1) is 0 Å². The predicted molar refractivity (Wildman–Crippen MR) is 74.1 cm³/mol. The number of hydrogen-bond acceptors (Lipinski definition) is 5. The van der Waals surface area contributed by atoms with Gasteiger partial charge in [0.25, 0.3) is 5.56 Å².